The number of benzene rings is 1. The third-order valence-corrected chi connectivity index (χ3v) is 4.55. The highest BCUT2D eigenvalue weighted by molar-refractivity contribution is 5.94. The average Bonchev–Trinajstić information content (AvgIpc) is 2.71. The average molecular weight is 395 g/mol. The Morgan fingerprint density at radius 1 is 1.10 bits per heavy atom. The lowest BCUT2D eigenvalue weighted by molar-refractivity contribution is -0.121. The van der Waals surface area contributed by atoms with E-state index in [9.17, 15) is 19.5 Å². The predicted molar refractivity (Wildman–Crippen MR) is 107 cm³/mol. The molecular formula is C21H21N3O5. The van der Waals surface area contributed by atoms with Crippen LogP contribution in [0, 0.1) is 6.92 Å². The van der Waals surface area contributed by atoms with E-state index in [-0.39, 0.29) is 43.5 Å². The van der Waals surface area contributed by atoms with Gasteiger partial charge in [0.15, 0.2) is 0 Å². The van der Waals surface area contributed by atoms with Gasteiger partial charge >= 0.3 is 5.63 Å². The molecule has 2 aromatic heterocycles. The van der Waals surface area contributed by atoms with Crippen LogP contribution in [0.4, 0.5) is 0 Å². The maximum atomic E-state index is 12.2. The number of carbonyl (C=O) groups excluding carboxylic acids is 2. The number of carbonyl (C=O) groups is 2. The van der Waals surface area contributed by atoms with Crippen LogP contribution >= 0.6 is 0 Å². The van der Waals surface area contributed by atoms with Crippen LogP contribution in [0.5, 0.6) is 5.75 Å². The Balaban J connectivity index is 1.50. The van der Waals surface area contributed by atoms with Gasteiger partial charge in [0.1, 0.15) is 11.3 Å². The van der Waals surface area contributed by atoms with Gasteiger partial charge < -0.3 is 20.2 Å². The summed E-state index contributed by atoms with van der Waals surface area (Å²) in [6, 6.07) is 7.80. The standard InChI is InChI=1S/C21H21N3O5/c1-13-16-3-2-15(25)12-18(16)29-21(28)17(13)4-5-19(26)23-10-11-24-20(27)14-6-8-22-9-7-14/h2-3,6-9,12,25H,4-5,10-11H2,1H3,(H,23,26)(H,24,27). The van der Waals surface area contributed by atoms with E-state index in [0.29, 0.717) is 16.7 Å². The fourth-order valence-electron chi connectivity index (χ4n) is 2.98. The Hall–Kier alpha value is -3.68. The molecule has 0 saturated heterocycles. The van der Waals surface area contributed by atoms with E-state index in [4.69, 9.17) is 4.42 Å². The van der Waals surface area contributed by atoms with Gasteiger partial charge in [-0.2, -0.15) is 0 Å². The molecule has 1 aromatic carbocycles. The molecular weight excluding hydrogens is 374 g/mol. The Labute approximate surface area is 166 Å². The number of amides is 2. The van der Waals surface area contributed by atoms with Crippen molar-refractivity contribution < 1.29 is 19.1 Å². The van der Waals surface area contributed by atoms with Crippen LogP contribution in [0.3, 0.4) is 0 Å². The van der Waals surface area contributed by atoms with Gasteiger partial charge in [-0.3, -0.25) is 14.6 Å². The summed E-state index contributed by atoms with van der Waals surface area (Å²) in [6.45, 7) is 2.35. The highest BCUT2D eigenvalue weighted by Gasteiger charge is 2.13. The Bertz CT molecular complexity index is 1090. The summed E-state index contributed by atoms with van der Waals surface area (Å²) in [4.78, 5) is 40.0. The number of aromatic nitrogens is 1. The Morgan fingerprint density at radius 3 is 2.59 bits per heavy atom. The van der Waals surface area contributed by atoms with Crippen LogP contribution in [0.1, 0.15) is 27.9 Å². The van der Waals surface area contributed by atoms with Crippen molar-refractivity contribution in [2.75, 3.05) is 13.1 Å². The Morgan fingerprint density at radius 2 is 1.83 bits per heavy atom. The molecule has 2 heterocycles. The van der Waals surface area contributed by atoms with E-state index < -0.39 is 5.63 Å². The van der Waals surface area contributed by atoms with Gasteiger partial charge in [-0.15, -0.1) is 0 Å². The molecule has 0 bridgehead atoms. The first-order valence-electron chi connectivity index (χ1n) is 9.16. The number of fused-ring (bicyclic) bond motifs is 1. The number of hydrogen-bond acceptors (Lipinski definition) is 6. The lowest BCUT2D eigenvalue weighted by Crippen LogP contribution is -2.34. The minimum atomic E-state index is -0.516. The predicted octanol–water partition coefficient (Wildman–Crippen LogP) is 1.68. The molecule has 0 aliphatic rings. The SMILES string of the molecule is Cc1c(CCC(=O)NCCNC(=O)c2ccncc2)c(=O)oc2cc(O)ccc12. The molecule has 3 N–H and O–H groups in total. The van der Waals surface area contributed by atoms with Crippen molar-refractivity contribution in [2.24, 2.45) is 0 Å². The molecule has 0 unspecified atom stereocenters. The number of phenolic OH excluding ortho intramolecular Hbond substituents is 1. The molecule has 8 heteroatoms. The molecule has 8 nitrogen and oxygen atoms in total. The van der Waals surface area contributed by atoms with E-state index in [1.54, 1.807) is 25.1 Å². The fraction of sp³-hybridized carbons (Fsp3) is 0.238. The molecule has 150 valence electrons. The van der Waals surface area contributed by atoms with Crippen LogP contribution in [-0.2, 0) is 11.2 Å². The molecule has 0 atom stereocenters. The van der Waals surface area contributed by atoms with Gasteiger partial charge in [-0.25, -0.2) is 4.79 Å². The smallest absolute Gasteiger partial charge is 0.339 e. The lowest BCUT2D eigenvalue weighted by atomic mass is 10.0. The van der Waals surface area contributed by atoms with E-state index in [1.165, 1.54) is 24.5 Å². The quantitative estimate of drug-likeness (QED) is 0.413. The summed E-state index contributed by atoms with van der Waals surface area (Å²) >= 11 is 0. The molecule has 0 radical (unpaired) electrons. The molecule has 2 amide bonds. The molecule has 0 spiro atoms. The second-order valence-corrected chi connectivity index (χ2v) is 6.52. The topological polar surface area (TPSA) is 122 Å². The van der Waals surface area contributed by atoms with Crippen molar-refractivity contribution in [3.8, 4) is 5.75 Å². The largest absolute Gasteiger partial charge is 0.508 e. The van der Waals surface area contributed by atoms with Crippen molar-refractivity contribution >= 4 is 22.8 Å². The normalized spacial score (nSPS) is 10.7. The second kappa shape index (κ2) is 9.01. The van der Waals surface area contributed by atoms with E-state index in [1.807, 2.05) is 0 Å². The van der Waals surface area contributed by atoms with Crippen molar-refractivity contribution in [1.29, 1.82) is 0 Å². The van der Waals surface area contributed by atoms with Crippen LogP contribution in [0.25, 0.3) is 11.0 Å². The van der Waals surface area contributed by atoms with Crippen molar-refractivity contribution in [3.63, 3.8) is 0 Å². The molecule has 0 aliphatic carbocycles. The number of aromatic hydroxyl groups is 1. The first-order chi connectivity index (χ1) is 14.0. The number of pyridine rings is 1. The molecule has 0 fully saturated rings. The minimum absolute atomic E-state index is 0.0169. The summed E-state index contributed by atoms with van der Waals surface area (Å²) in [7, 11) is 0. The number of hydrogen-bond donors (Lipinski definition) is 3. The summed E-state index contributed by atoms with van der Waals surface area (Å²) in [5.74, 6) is -0.451. The maximum Gasteiger partial charge on any atom is 0.339 e. The summed E-state index contributed by atoms with van der Waals surface area (Å²) in [6.07, 6.45) is 3.42. The van der Waals surface area contributed by atoms with E-state index >= 15 is 0 Å². The fourth-order valence-corrected chi connectivity index (χ4v) is 2.98. The van der Waals surface area contributed by atoms with Gasteiger partial charge in [0.05, 0.1) is 0 Å². The van der Waals surface area contributed by atoms with Gasteiger partial charge in [0.2, 0.25) is 5.91 Å². The zero-order valence-electron chi connectivity index (χ0n) is 15.9. The molecule has 0 aliphatic heterocycles. The zero-order chi connectivity index (χ0) is 20.8. The van der Waals surface area contributed by atoms with Gasteiger partial charge in [-0.05, 0) is 43.2 Å². The minimum Gasteiger partial charge on any atom is -0.508 e. The molecule has 0 saturated carbocycles. The van der Waals surface area contributed by atoms with Gasteiger partial charge in [-0.1, -0.05) is 0 Å². The molecule has 29 heavy (non-hydrogen) atoms. The number of aryl methyl sites for hydroxylation is 1. The van der Waals surface area contributed by atoms with Gasteiger partial charge in [0.25, 0.3) is 5.91 Å². The third-order valence-electron chi connectivity index (χ3n) is 4.55. The van der Waals surface area contributed by atoms with E-state index in [2.05, 4.69) is 15.6 Å². The van der Waals surface area contributed by atoms with Crippen LogP contribution < -0.4 is 16.3 Å². The summed E-state index contributed by atoms with van der Waals surface area (Å²) in [5, 5.41) is 15.7. The van der Waals surface area contributed by atoms with Gasteiger partial charge in [0, 0.05) is 54.5 Å². The van der Waals surface area contributed by atoms with Crippen molar-refractivity contribution in [1.82, 2.24) is 15.6 Å². The number of phenols is 1. The number of nitrogens with one attached hydrogen (secondary N) is 2. The highest BCUT2D eigenvalue weighted by Crippen LogP contribution is 2.23. The van der Waals surface area contributed by atoms with Crippen LogP contribution in [-0.4, -0.2) is 35.0 Å². The zero-order valence-corrected chi connectivity index (χ0v) is 15.9. The monoisotopic (exact) mass is 395 g/mol. The van der Waals surface area contributed by atoms with Crippen molar-refractivity contribution in [2.45, 2.75) is 19.8 Å². The third kappa shape index (κ3) is 4.98. The van der Waals surface area contributed by atoms with Crippen LogP contribution in [0.2, 0.25) is 0 Å². The first kappa shape index (κ1) is 20.1. The lowest BCUT2D eigenvalue weighted by Gasteiger charge is -2.09. The highest BCUT2D eigenvalue weighted by atomic mass is 16.4. The maximum absolute atomic E-state index is 12.2. The summed E-state index contributed by atoms with van der Waals surface area (Å²) < 4.78 is 5.25. The van der Waals surface area contributed by atoms with Crippen LogP contribution in [0.15, 0.2) is 51.9 Å². The Kier molecular flexibility index (Phi) is 6.23. The molecule has 3 rings (SSSR count). The number of rotatable bonds is 7. The first-order valence-corrected chi connectivity index (χ1v) is 9.16. The summed E-state index contributed by atoms with van der Waals surface area (Å²) in [5.41, 5.74) is 1.46. The number of nitrogens with zero attached hydrogens (tertiary/aromatic N) is 1. The van der Waals surface area contributed by atoms with E-state index in [0.717, 1.165) is 10.9 Å². The van der Waals surface area contributed by atoms with Crippen molar-refractivity contribution in [3.05, 3.63) is 69.8 Å². The second-order valence-electron chi connectivity index (χ2n) is 6.52. The molecule has 3 aromatic rings.